The lowest BCUT2D eigenvalue weighted by Crippen LogP contribution is -2.54. The molecule has 200 valence electrons. The molecule has 0 atom stereocenters. The second-order valence-corrected chi connectivity index (χ2v) is 9.90. The Morgan fingerprint density at radius 3 is 2.44 bits per heavy atom. The van der Waals surface area contributed by atoms with Crippen LogP contribution in [0.2, 0.25) is 5.02 Å². The number of barbiturate groups is 1. The molecule has 9 nitrogen and oxygen atoms in total. The Morgan fingerprint density at radius 2 is 1.77 bits per heavy atom. The summed E-state index contributed by atoms with van der Waals surface area (Å²) >= 11 is 9.31. The first kappa shape index (κ1) is 27.9. The topological polar surface area (TPSA) is 114 Å². The largest absolute Gasteiger partial charge is 0.493 e. The van der Waals surface area contributed by atoms with Gasteiger partial charge in [0.15, 0.2) is 18.1 Å². The molecule has 2 N–H and O–H groups in total. The number of urea groups is 1. The predicted molar refractivity (Wildman–Crippen MR) is 151 cm³/mol. The molecule has 39 heavy (non-hydrogen) atoms. The third-order valence-corrected chi connectivity index (χ3v) is 6.73. The van der Waals surface area contributed by atoms with Gasteiger partial charge >= 0.3 is 6.03 Å². The van der Waals surface area contributed by atoms with Gasteiger partial charge < -0.3 is 14.8 Å². The van der Waals surface area contributed by atoms with Crippen molar-refractivity contribution in [3.05, 3.63) is 86.4 Å². The first-order valence-electron chi connectivity index (χ1n) is 11.6. The van der Waals surface area contributed by atoms with Gasteiger partial charge in [0.25, 0.3) is 17.7 Å². The van der Waals surface area contributed by atoms with Crippen LogP contribution in [0.1, 0.15) is 16.7 Å². The highest BCUT2D eigenvalue weighted by molar-refractivity contribution is 9.10. The summed E-state index contributed by atoms with van der Waals surface area (Å²) in [5.41, 5.74) is 3.22. The number of anilines is 2. The number of methoxy groups -OCH3 is 1. The van der Waals surface area contributed by atoms with Crippen molar-refractivity contribution in [1.29, 1.82) is 0 Å². The summed E-state index contributed by atoms with van der Waals surface area (Å²) in [5, 5.41) is 5.38. The van der Waals surface area contributed by atoms with Crippen molar-refractivity contribution in [2.75, 3.05) is 23.9 Å². The molecule has 11 heteroatoms. The van der Waals surface area contributed by atoms with Crippen LogP contribution in [-0.4, -0.2) is 37.5 Å². The fourth-order valence-electron chi connectivity index (χ4n) is 3.77. The molecule has 0 unspecified atom stereocenters. The highest BCUT2D eigenvalue weighted by Crippen LogP contribution is 2.37. The van der Waals surface area contributed by atoms with Crippen molar-refractivity contribution in [2.24, 2.45) is 0 Å². The summed E-state index contributed by atoms with van der Waals surface area (Å²) in [5.74, 6) is -1.50. The number of carbonyl (C=O) groups excluding carboxylic acids is 4. The van der Waals surface area contributed by atoms with Gasteiger partial charge in [0, 0.05) is 10.7 Å². The fraction of sp³-hybridized carbons (Fsp3) is 0.143. The van der Waals surface area contributed by atoms with Crippen LogP contribution in [0, 0.1) is 13.8 Å². The minimum atomic E-state index is -0.869. The lowest BCUT2D eigenvalue weighted by molar-refractivity contribution is -0.122. The molecule has 3 aromatic rings. The molecule has 1 aliphatic heterocycles. The lowest BCUT2D eigenvalue weighted by Gasteiger charge is -2.26. The number of nitrogens with zero attached hydrogens (tertiary/aromatic N) is 1. The standard InChI is InChI=1S/C28H23BrClN3O6/c1-15-4-7-19(10-16(15)2)31-24(34)14-39-25-22(29)12-17(13-23(25)38-3)11-21-26(35)32-28(37)33(27(21)36)20-8-5-18(30)6-9-20/h4-13H,14H2,1-3H3,(H,31,34)(H,32,35,37)/b21-11-. The van der Waals surface area contributed by atoms with Gasteiger partial charge in [0.2, 0.25) is 0 Å². The van der Waals surface area contributed by atoms with Crippen molar-refractivity contribution in [3.63, 3.8) is 0 Å². The maximum absolute atomic E-state index is 13.1. The Morgan fingerprint density at radius 1 is 1.05 bits per heavy atom. The number of nitrogens with one attached hydrogen (secondary N) is 2. The van der Waals surface area contributed by atoms with E-state index in [-0.39, 0.29) is 35.3 Å². The molecule has 0 spiro atoms. The molecule has 1 fully saturated rings. The number of carbonyl (C=O) groups is 4. The SMILES string of the molecule is COc1cc(/C=C2/C(=O)NC(=O)N(c3ccc(Cl)cc3)C2=O)cc(Br)c1OCC(=O)Nc1ccc(C)c(C)c1. The van der Waals surface area contributed by atoms with Gasteiger partial charge in [-0.1, -0.05) is 17.7 Å². The molecule has 5 amide bonds. The zero-order valence-corrected chi connectivity index (χ0v) is 23.5. The van der Waals surface area contributed by atoms with Crippen LogP contribution in [0.5, 0.6) is 11.5 Å². The van der Waals surface area contributed by atoms with E-state index in [0.717, 1.165) is 16.0 Å². The van der Waals surface area contributed by atoms with Crippen LogP contribution in [-0.2, 0) is 14.4 Å². The van der Waals surface area contributed by atoms with E-state index in [9.17, 15) is 19.2 Å². The fourth-order valence-corrected chi connectivity index (χ4v) is 4.47. The first-order valence-corrected chi connectivity index (χ1v) is 12.8. The van der Waals surface area contributed by atoms with E-state index in [2.05, 4.69) is 26.6 Å². The molecular formula is C28H23BrClN3O6. The number of imide groups is 2. The number of halogens is 2. The Balaban J connectivity index is 1.54. The summed E-state index contributed by atoms with van der Waals surface area (Å²) in [7, 11) is 1.42. The molecule has 3 aromatic carbocycles. The van der Waals surface area contributed by atoms with E-state index < -0.39 is 17.8 Å². The molecule has 0 bridgehead atoms. The summed E-state index contributed by atoms with van der Waals surface area (Å²) in [6.07, 6.45) is 1.33. The molecule has 0 aromatic heterocycles. The summed E-state index contributed by atoms with van der Waals surface area (Å²) < 4.78 is 11.6. The van der Waals surface area contributed by atoms with Gasteiger partial charge in [0.1, 0.15) is 5.57 Å². The summed E-state index contributed by atoms with van der Waals surface area (Å²) in [4.78, 5) is 51.4. The van der Waals surface area contributed by atoms with Gasteiger partial charge in [-0.3, -0.25) is 19.7 Å². The molecule has 4 rings (SSSR count). The summed E-state index contributed by atoms with van der Waals surface area (Å²) in [6, 6.07) is 13.9. The van der Waals surface area contributed by atoms with E-state index in [1.165, 1.54) is 43.5 Å². The van der Waals surface area contributed by atoms with Crippen molar-refractivity contribution in [2.45, 2.75) is 13.8 Å². The number of benzene rings is 3. The minimum absolute atomic E-state index is 0.252. The third kappa shape index (κ3) is 6.30. The van der Waals surface area contributed by atoms with Gasteiger partial charge in [-0.15, -0.1) is 0 Å². The van der Waals surface area contributed by atoms with E-state index in [0.29, 0.717) is 20.7 Å². The minimum Gasteiger partial charge on any atom is -0.493 e. The van der Waals surface area contributed by atoms with E-state index >= 15 is 0 Å². The van der Waals surface area contributed by atoms with Crippen molar-refractivity contribution >= 4 is 68.7 Å². The molecule has 0 aliphatic carbocycles. The van der Waals surface area contributed by atoms with Crippen LogP contribution >= 0.6 is 27.5 Å². The number of ether oxygens (including phenoxy) is 2. The van der Waals surface area contributed by atoms with Crippen LogP contribution in [0.15, 0.2) is 64.6 Å². The third-order valence-electron chi connectivity index (χ3n) is 5.89. The van der Waals surface area contributed by atoms with Gasteiger partial charge in [-0.05, 0) is 101 Å². The lowest BCUT2D eigenvalue weighted by atomic mass is 10.1. The monoisotopic (exact) mass is 611 g/mol. The molecular weight excluding hydrogens is 590 g/mol. The normalized spacial score (nSPS) is 14.3. The maximum atomic E-state index is 13.1. The van der Waals surface area contributed by atoms with Crippen LogP contribution in [0.3, 0.4) is 0 Å². The average Bonchev–Trinajstić information content (AvgIpc) is 2.88. The summed E-state index contributed by atoms with van der Waals surface area (Å²) in [6.45, 7) is 3.65. The van der Waals surface area contributed by atoms with E-state index in [1.807, 2.05) is 32.0 Å². The zero-order chi connectivity index (χ0) is 28.3. The zero-order valence-electron chi connectivity index (χ0n) is 21.1. The van der Waals surface area contributed by atoms with Crippen LogP contribution in [0.25, 0.3) is 6.08 Å². The van der Waals surface area contributed by atoms with Crippen molar-refractivity contribution in [1.82, 2.24) is 5.32 Å². The predicted octanol–water partition coefficient (Wildman–Crippen LogP) is 5.41. The second-order valence-electron chi connectivity index (χ2n) is 8.60. The molecule has 1 heterocycles. The second kappa shape index (κ2) is 11.7. The molecule has 0 radical (unpaired) electrons. The molecule has 1 aliphatic rings. The van der Waals surface area contributed by atoms with Crippen molar-refractivity contribution in [3.8, 4) is 11.5 Å². The van der Waals surface area contributed by atoms with E-state index in [4.69, 9.17) is 21.1 Å². The van der Waals surface area contributed by atoms with Crippen LogP contribution < -0.4 is 25.0 Å². The number of rotatable bonds is 7. The highest BCUT2D eigenvalue weighted by Gasteiger charge is 2.36. The molecule has 1 saturated heterocycles. The Kier molecular flexibility index (Phi) is 8.37. The smallest absolute Gasteiger partial charge is 0.335 e. The Bertz CT molecular complexity index is 1520. The highest BCUT2D eigenvalue weighted by atomic mass is 79.9. The number of hydrogen-bond acceptors (Lipinski definition) is 6. The number of hydrogen-bond donors (Lipinski definition) is 2. The van der Waals surface area contributed by atoms with Gasteiger partial charge in [0.05, 0.1) is 17.3 Å². The molecule has 0 saturated carbocycles. The number of amides is 5. The van der Waals surface area contributed by atoms with Crippen LogP contribution in [0.4, 0.5) is 16.2 Å². The van der Waals surface area contributed by atoms with Crippen molar-refractivity contribution < 1.29 is 28.7 Å². The van der Waals surface area contributed by atoms with Gasteiger partial charge in [-0.2, -0.15) is 0 Å². The van der Waals surface area contributed by atoms with E-state index in [1.54, 1.807) is 6.07 Å². The average molecular weight is 613 g/mol. The maximum Gasteiger partial charge on any atom is 0.335 e. The Labute approximate surface area is 237 Å². The Hall–Kier alpha value is -4.15. The quantitative estimate of drug-likeness (QED) is 0.272. The van der Waals surface area contributed by atoms with Gasteiger partial charge in [-0.25, -0.2) is 9.69 Å². The first-order chi connectivity index (χ1) is 18.6. The number of aryl methyl sites for hydroxylation is 2.